The van der Waals surface area contributed by atoms with Crippen molar-refractivity contribution in [3.63, 3.8) is 0 Å². The van der Waals surface area contributed by atoms with Gasteiger partial charge >= 0.3 is 5.76 Å². The Labute approximate surface area is 107 Å². The lowest BCUT2D eigenvalue weighted by Gasteiger charge is -2.14. The molecule has 0 saturated carbocycles. The number of amidine groups is 1. The lowest BCUT2D eigenvalue weighted by Crippen LogP contribution is -2.24. The molecule has 1 aromatic rings. The first-order valence-electron chi connectivity index (χ1n) is 4.78. The van der Waals surface area contributed by atoms with Crippen LogP contribution in [0.2, 0.25) is 0 Å². The van der Waals surface area contributed by atoms with Crippen LogP contribution >= 0.6 is 0 Å². The molecule has 4 N–H and O–H groups in total. The Morgan fingerprint density at radius 2 is 2.16 bits per heavy atom. The van der Waals surface area contributed by atoms with Crippen molar-refractivity contribution in [3.05, 3.63) is 23.8 Å². The van der Waals surface area contributed by atoms with Gasteiger partial charge in [0.2, 0.25) is 0 Å². The van der Waals surface area contributed by atoms with Gasteiger partial charge in [0.1, 0.15) is 11.4 Å². The number of oxime groups is 1. The van der Waals surface area contributed by atoms with Crippen molar-refractivity contribution in [2.75, 3.05) is 11.8 Å². The summed E-state index contributed by atoms with van der Waals surface area (Å²) in [6.07, 6.45) is 0. The highest BCUT2D eigenvalue weighted by Crippen LogP contribution is 2.30. The molecule has 0 aliphatic carbocycles. The molecule has 19 heavy (non-hydrogen) atoms. The summed E-state index contributed by atoms with van der Waals surface area (Å²) in [5.41, 5.74) is 4.91. The molecule has 0 atom stereocenters. The number of halogens is 2. The van der Waals surface area contributed by atoms with E-state index in [-0.39, 0.29) is 17.0 Å². The van der Waals surface area contributed by atoms with Crippen molar-refractivity contribution < 1.29 is 27.1 Å². The highest BCUT2D eigenvalue weighted by Gasteiger charge is 2.27. The van der Waals surface area contributed by atoms with Crippen LogP contribution in [0.25, 0.3) is 0 Å². The molecule has 0 aliphatic rings. The van der Waals surface area contributed by atoms with Crippen LogP contribution in [-0.4, -0.2) is 32.3 Å². The maximum absolute atomic E-state index is 12.3. The summed E-state index contributed by atoms with van der Waals surface area (Å²) in [7, 11) is -3.69. The minimum atomic E-state index is -4.90. The van der Waals surface area contributed by atoms with Crippen LogP contribution in [-0.2, 0) is 10.0 Å². The second-order valence-electron chi connectivity index (χ2n) is 3.28. The highest BCUT2D eigenvalue weighted by molar-refractivity contribution is 7.93. The molecular formula is C9H11F2N3O4S. The van der Waals surface area contributed by atoms with Crippen molar-refractivity contribution >= 4 is 21.5 Å². The Morgan fingerprint density at radius 1 is 1.53 bits per heavy atom. The Bertz CT molecular complexity index is 589. The number of nitrogens with one attached hydrogen (secondary N) is 1. The molecule has 1 rings (SSSR count). The first-order valence-corrected chi connectivity index (χ1v) is 6.32. The van der Waals surface area contributed by atoms with Gasteiger partial charge in [-0.15, -0.1) is 0 Å². The van der Waals surface area contributed by atoms with Crippen LogP contribution in [0.3, 0.4) is 0 Å². The number of alkyl halides is 2. The van der Waals surface area contributed by atoms with Gasteiger partial charge in [-0.1, -0.05) is 11.2 Å². The Kier molecular flexibility index (Phi) is 4.48. The summed E-state index contributed by atoms with van der Waals surface area (Å²) in [5, 5.41) is 11.3. The lowest BCUT2D eigenvalue weighted by atomic mass is 10.1. The Balaban J connectivity index is 3.39. The van der Waals surface area contributed by atoms with Crippen LogP contribution in [0.4, 0.5) is 14.5 Å². The van der Waals surface area contributed by atoms with Crippen LogP contribution < -0.4 is 15.2 Å². The van der Waals surface area contributed by atoms with Gasteiger partial charge in [-0.2, -0.15) is 8.78 Å². The Morgan fingerprint density at radius 3 is 2.63 bits per heavy atom. The number of methoxy groups -OCH3 is 1. The van der Waals surface area contributed by atoms with Crippen molar-refractivity contribution in [1.82, 2.24) is 0 Å². The third-order valence-corrected chi connectivity index (χ3v) is 3.07. The van der Waals surface area contributed by atoms with E-state index < -0.39 is 21.6 Å². The van der Waals surface area contributed by atoms with Crippen LogP contribution in [0, 0.1) is 0 Å². The Hall–Kier alpha value is -2.10. The molecule has 0 spiro atoms. The molecule has 1 aromatic carbocycles. The van der Waals surface area contributed by atoms with E-state index in [4.69, 9.17) is 15.7 Å². The van der Waals surface area contributed by atoms with Crippen LogP contribution in [0.5, 0.6) is 5.75 Å². The molecule has 10 heteroatoms. The van der Waals surface area contributed by atoms with Gasteiger partial charge in [0.15, 0.2) is 5.84 Å². The molecule has 0 aliphatic heterocycles. The first-order chi connectivity index (χ1) is 8.83. The number of hydrogen-bond donors (Lipinski definition) is 3. The molecule has 106 valence electrons. The molecule has 0 heterocycles. The van der Waals surface area contributed by atoms with Crippen LogP contribution in [0.15, 0.2) is 23.4 Å². The third-order valence-electron chi connectivity index (χ3n) is 2.11. The maximum atomic E-state index is 12.3. The smallest absolute Gasteiger partial charge is 0.355 e. The third kappa shape index (κ3) is 3.22. The van der Waals surface area contributed by atoms with Crippen molar-refractivity contribution in [1.29, 1.82) is 0 Å². The van der Waals surface area contributed by atoms with Gasteiger partial charge in [-0.05, 0) is 12.1 Å². The first kappa shape index (κ1) is 15.0. The van der Waals surface area contributed by atoms with E-state index in [9.17, 15) is 17.2 Å². The van der Waals surface area contributed by atoms with E-state index in [0.29, 0.717) is 0 Å². The normalized spacial score (nSPS) is 12.5. The van der Waals surface area contributed by atoms with Gasteiger partial charge in [0, 0.05) is 5.56 Å². The largest absolute Gasteiger partial charge is 0.495 e. The second kappa shape index (κ2) is 5.69. The number of nitrogens with zero attached hydrogens (tertiary/aromatic N) is 1. The quantitative estimate of drug-likeness (QED) is 0.321. The zero-order chi connectivity index (χ0) is 14.6. The number of nitrogens with two attached hydrogens (primary N) is 1. The lowest BCUT2D eigenvalue weighted by molar-refractivity contribution is 0.236. The predicted molar refractivity (Wildman–Crippen MR) is 64.1 cm³/mol. The second-order valence-corrected chi connectivity index (χ2v) is 4.93. The van der Waals surface area contributed by atoms with Crippen molar-refractivity contribution in [2.45, 2.75) is 5.76 Å². The molecular weight excluding hydrogens is 284 g/mol. The summed E-state index contributed by atoms with van der Waals surface area (Å²) >= 11 is 0. The summed E-state index contributed by atoms with van der Waals surface area (Å²) in [4.78, 5) is 0. The minimum absolute atomic E-state index is 0.0478. The van der Waals surface area contributed by atoms with E-state index in [0.717, 1.165) is 0 Å². The number of benzene rings is 1. The van der Waals surface area contributed by atoms with E-state index in [1.807, 2.05) is 0 Å². The number of rotatable bonds is 5. The van der Waals surface area contributed by atoms with Gasteiger partial charge in [-0.25, -0.2) is 8.42 Å². The van der Waals surface area contributed by atoms with Gasteiger partial charge in [-0.3, -0.25) is 4.72 Å². The molecule has 0 aromatic heterocycles. The summed E-state index contributed by atoms with van der Waals surface area (Å²) < 4.78 is 53.5. The minimum Gasteiger partial charge on any atom is -0.495 e. The van der Waals surface area contributed by atoms with Gasteiger partial charge in [0.25, 0.3) is 10.0 Å². The highest BCUT2D eigenvalue weighted by atomic mass is 32.2. The fraction of sp³-hybridized carbons (Fsp3) is 0.222. The van der Waals surface area contributed by atoms with E-state index >= 15 is 0 Å². The standard InChI is InChI=1S/C9H11F2N3O4S/c1-18-6-4-2-3-5(8(12)13-15)7(6)14-19(16,17)9(10)11/h2-4,9,14-15H,1H3,(H2,12,13). The summed E-state index contributed by atoms with van der Waals surface area (Å²) in [5.74, 6) is -4.13. The zero-order valence-electron chi connectivity index (χ0n) is 9.67. The molecule has 0 radical (unpaired) electrons. The van der Waals surface area contributed by atoms with Gasteiger partial charge in [0.05, 0.1) is 7.11 Å². The van der Waals surface area contributed by atoms with Gasteiger partial charge < -0.3 is 15.7 Å². The monoisotopic (exact) mass is 295 g/mol. The molecule has 0 fully saturated rings. The topological polar surface area (TPSA) is 114 Å². The fourth-order valence-corrected chi connectivity index (χ4v) is 1.84. The number of hydrogen-bond acceptors (Lipinski definition) is 5. The molecule has 0 saturated heterocycles. The average molecular weight is 295 g/mol. The van der Waals surface area contributed by atoms with Crippen LogP contribution in [0.1, 0.15) is 5.56 Å². The molecule has 7 nitrogen and oxygen atoms in total. The summed E-state index contributed by atoms with van der Waals surface area (Å²) in [6, 6.07) is 4.03. The molecule has 0 amide bonds. The van der Waals surface area contributed by atoms with Crippen molar-refractivity contribution in [2.24, 2.45) is 10.9 Å². The predicted octanol–water partition coefficient (Wildman–Crippen LogP) is 0.754. The van der Waals surface area contributed by atoms with E-state index in [2.05, 4.69) is 5.16 Å². The van der Waals surface area contributed by atoms with E-state index in [1.165, 1.54) is 25.3 Å². The SMILES string of the molecule is COc1cccc(/C(N)=N/O)c1NS(=O)(=O)C(F)F. The molecule has 0 bridgehead atoms. The fourth-order valence-electron chi connectivity index (χ4n) is 1.26. The number of ether oxygens (including phenoxy) is 1. The number of sulfonamides is 1. The van der Waals surface area contributed by atoms with Crippen molar-refractivity contribution in [3.8, 4) is 5.75 Å². The summed E-state index contributed by atoms with van der Waals surface area (Å²) in [6.45, 7) is 0. The average Bonchev–Trinajstić information content (AvgIpc) is 2.37. The maximum Gasteiger partial charge on any atom is 0.355 e. The number of anilines is 1. The van der Waals surface area contributed by atoms with E-state index in [1.54, 1.807) is 4.72 Å². The molecule has 0 unspecified atom stereocenters. The number of para-hydroxylation sites is 1. The zero-order valence-corrected chi connectivity index (χ0v) is 10.5.